The van der Waals surface area contributed by atoms with Gasteiger partial charge >= 0.3 is 11.9 Å². The smallest absolute Gasteiger partial charge is 0.330 e. The number of rotatable bonds is 5. The summed E-state index contributed by atoms with van der Waals surface area (Å²) in [5.41, 5.74) is 5.16. The normalized spacial score (nSPS) is 10.6. The molecule has 0 spiro atoms. The SMILES string of the molecule is C=CCOC(=O)C/C(N)=C/C(=O)O. The van der Waals surface area contributed by atoms with E-state index in [9.17, 15) is 9.59 Å². The number of carbonyl (C=O) groups is 2. The number of hydrogen-bond acceptors (Lipinski definition) is 4. The Morgan fingerprint density at radius 3 is 2.62 bits per heavy atom. The van der Waals surface area contributed by atoms with E-state index in [0.29, 0.717) is 0 Å². The van der Waals surface area contributed by atoms with Gasteiger partial charge in [-0.2, -0.15) is 0 Å². The summed E-state index contributed by atoms with van der Waals surface area (Å²) in [6.45, 7) is 3.44. The predicted molar refractivity (Wildman–Crippen MR) is 45.7 cm³/mol. The van der Waals surface area contributed by atoms with Crippen molar-refractivity contribution in [2.75, 3.05) is 6.61 Å². The van der Waals surface area contributed by atoms with E-state index in [-0.39, 0.29) is 18.7 Å². The maximum Gasteiger partial charge on any atom is 0.330 e. The van der Waals surface area contributed by atoms with Crippen molar-refractivity contribution in [2.24, 2.45) is 5.73 Å². The Morgan fingerprint density at radius 2 is 2.15 bits per heavy atom. The molecule has 5 nitrogen and oxygen atoms in total. The molecule has 0 saturated heterocycles. The third-order valence-electron chi connectivity index (χ3n) is 1.02. The topological polar surface area (TPSA) is 89.6 Å². The second kappa shape index (κ2) is 5.82. The summed E-state index contributed by atoms with van der Waals surface area (Å²) < 4.78 is 4.57. The van der Waals surface area contributed by atoms with Crippen LogP contribution >= 0.6 is 0 Å². The number of esters is 1. The number of hydrogen-bond donors (Lipinski definition) is 2. The van der Waals surface area contributed by atoms with E-state index >= 15 is 0 Å². The maximum absolute atomic E-state index is 10.8. The quantitative estimate of drug-likeness (QED) is 0.358. The van der Waals surface area contributed by atoms with Crippen LogP contribution in [0.5, 0.6) is 0 Å². The third kappa shape index (κ3) is 6.61. The van der Waals surface area contributed by atoms with Crippen LogP contribution in [-0.4, -0.2) is 23.7 Å². The Kier molecular flexibility index (Phi) is 5.02. The molecule has 0 unspecified atom stereocenters. The largest absolute Gasteiger partial charge is 0.478 e. The van der Waals surface area contributed by atoms with E-state index in [0.717, 1.165) is 6.08 Å². The van der Waals surface area contributed by atoms with Crippen LogP contribution < -0.4 is 5.73 Å². The summed E-state index contributed by atoms with van der Waals surface area (Å²) in [7, 11) is 0. The number of carboxylic acid groups (broad SMARTS) is 1. The van der Waals surface area contributed by atoms with Gasteiger partial charge in [-0.15, -0.1) is 0 Å². The standard InChI is InChI=1S/C8H11NO4/c1-2-3-13-8(12)5-6(9)4-7(10)11/h2,4H,1,3,5,9H2,(H,10,11)/b6-4-. The summed E-state index contributed by atoms with van der Waals surface area (Å²) >= 11 is 0. The van der Waals surface area contributed by atoms with Crippen LogP contribution in [0.2, 0.25) is 0 Å². The first kappa shape index (κ1) is 11.2. The van der Waals surface area contributed by atoms with E-state index < -0.39 is 11.9 Å². The number of carboxylic acids is 1. The number of ether oxygens (including phenoxy) is 1. The van der Waals surface area contributed by atoms with E-state index in [1.54, 1.807) is 0 Å². The molecule has 0 atom stereocenters. The molecule has 3 N–H and O–H groups in total. The molecule has 0 heterocycles. The molecule has 0 aromatic heterocycles. The lowest BCUT2D eigenvalue weighted by Crippen LogP contribution is -2.11. The zero-order valence-corrected chi connectivity index (χ0v) is 7.03. The Labute approximate surface area is 75.5 Å². The first-order valence-corrected chi connectivity index (χ1v) is 3.51. The molecule has 0 rings (SSSR count). The van der Waals surface area contributed by atoms with E-state index in [1.165, 1.54) is 6.08 Å². The molecule has 0 radical (unpaired) electrons. The van der Waals surface area contributed by atoms with Gasteiger partial charge in [-0.3, -0.25) is 4.79 Å². The van der Waals surface area contributed by atoms with Crippen molar-refractivity contribution in [1.29, 1.82) is 0 Å². The summed E-state index contributed by atoms with van der Waals surface area (Å²) in [6, 6.07) is 0. The Balaban J connectivity index is 3.91. The molecule has 0 aliphatic carbocycles. The highest BCUT2D eigenvalue weighted by Crippen LogP contribution is 1.95. The summed E-state index contributed by atoms with van der Waals surface area (Å²) in [4.78, 5) is 20.9. The van der Waals surface area contributed by atoms with Gasteiger partial charge in [0, 0.05) is 11.8 Å². The fourth-order valence-corrected chi connectivity index (χ4v) is 0.579. The second-order valence-electron chi connectivity index (χ2n) is 2.21. The van der Waals surface area contributed by atoms with Crippen molar-refractivity contribution in [2.45, 2.75) is 6.42 Å². The minimum atomic E-state index is -1.19. The lowest BCUT2D eigenvalue weighted by atomic mass is 10.3. The van der Waals surface area contributed by atoms with Gasteiger partial charge in [0.1, 0.15) is 6.61 Å². The molecular formula is C8H11NO4. The molecule has 5 heteroatoms. The first-order chi connectivity index (χ1) is 6.06. The summed E-state index contributed by atoms with van der Waals surface area (Å²) in [5.74, 6) is -1.76. The van der Waals surface area contributed by atoms with Gasteiger partial charge in [0.2, 0.25) is 0 Å². The molecule has 0 bridgehead atoms. The van der Waals surface area contributed by atoms with Crippen LogP contribution in [0.4, 0.5) is 0 Å². The van der Waals surface area contributed by atoms with Gasteiger partial charge in [0.25, 0.3) is 0 Å². The molecule has 72 valence electrons. The fraction of sp³-hybridized carbons (Fsp3) is 0.250. The van der Waals surface area contributed by atoms with Gasteiger partial charge in [-0.1, -0.05) is 12.7 Å². The molecule has 0 saturated carbocycles. The molecule has 0 amide bonds. The van der Waals surface area contributed by atoms with Gasteiger partial charge in [0.05, 0.1) is 6.42 Å². The fourth-order valence-electron chi connectivity index (χ4n) is 0.579. The molecule has 13 heavy (non-hydrogen) atoms. The number of nitrogens with two attached hydrogens (primary N) is 1. The van der Waals surface area contributed by atoms with Gasteiger partial charge in [0.15, 0.2) is 0 Å². The van der Waals surface area contributed by atoms with Crippen LogP contribution in [0.3, 0.4) is 0 Å². The van der Waals surface area contributed by atoms with Crippen LogP contribution in [0.1, 0.15) is 6.42 Å². The van der Waals surface area contributed by atoms with Crippen molar-refractivity contribution in [3.63, 3.8) is 0 Å². The van der Waals surface area contributed by atoms with Crippen molar-refractivity contribution in [1.82, 2.24) is 0 Å². The molecule has 0 aromatic rings. The van der Waals surface area contributed by atoms with Crippen LogP contribution in [0.25, 0.3) is 0 Å². The zero-order valence-electron chi connectivity index (χ0n) is 7.03. The van der Waals surface area contributed by atoms with Gasteiger partial charge in [-0.05, 0) is 0 Å². The lowest BCUT2D eigenvalue weighted by molar-refractivity contribution is -0.141. The predicted octanol–water partition coefficient (Wildman–Crippen LogP) is 0.0329. The molecule has 0 aliphatic heterocycles. The summed E-state index contributed by atoms with van der Waals surface area (Å²) in [5, 5.41) is 8.25. The molecule has 0 aromatic carbocycles. The average molecular weight is 185 g/mol. The van der Waals surface area contributed by atoms with Gasteiger partial charge in [-0.25, -0.2) is 4.79 Å². The molecule has 0 fully saturated rings. The van der Waals surface area contributed by atoms with Crippen molar-refractivity contribution in [3.8, 4) is 0 Å². The zero-order chi connectivity index (χ0) is 10.3. The number of carbonyl (C=O) groups excluding carboxylic acids is 1. The maximum atomic E-state index is 10.8. The van der Waals surface area contributed by atoms with E-state index in [2.05, 4.69) is 11.3 Å². The lowest BCUT2D eigenvalue weighted by Gasteiger charge is -2.00. The monoisotopic (exact) mass is 185 g/mol. The molecule has 0 aliphatic rings. The first-order valence-electron chi connectivity index (χ1n) is 3.51. The minimum absolute atomic E-state index is 0.0402. The second-order valence-corrected chi connectivity index (χ2v) is 2.21. The Bertz CT molecular complexity index is 245. The third-order valence-corrected chi connectivity index (χ3v) is 1.02. The highest BCUT2D eigenvalue weighted by Gasteiger charge is 2.04. The van der Waals surface area contributed by atoms with E-state index in [4.69, 9.17) is 10.8 Å². The summed E-state index contributed by atoms with van der Waals surface area (Å²) in [6.07, 6.45) is 1.95. The van der Waals surface area contributed by atoms with Crippen LogP contribution in [0.15, 0.2) is 24.4 Å². The van der Waals surface area contributed by atoms with Crippen LogP contribution in [-0.2, 0) is 14.3 Å². The van der Waals surface area contributed by atoms with Crippen molar-refractivity contribution >= 4 is 11.9 Å². The van der Waals surface area contributed by atoms with Gasteiger partial charge < -0.3 is 15.6 Å². The van der Waals surface area contributed by atoms with Crippen LogP contribution in [0, 0.1) is 0 Å². The van der Waals surface area contributed by atoms with Crippen molar-refractivity contribution < 1.29 is 19.4 Å². The highest BCUT2D eigenvalue weighted by atomic mass is 16.5. The Hall–Kier alpha value is -1.78. The van der Waals surface area contributed by atoms with Crippen molar-refractivity contribution in [3.05, 3.63) is 24.4 Å². The highest BCUT2D eigenvalue weighted by molar-refractivity contribution is 5.82. The Morgan fingerprint density at radius 1 is 1.54 bits per heavy atom. The van der Waals surface area contributed by atoms with E-state index in [1.807, 2.05) is 0 Å². The minimum Gasteiger partial charge on any atom is -0.478 e. The molecular weight excluding hydrogens is 174 g/mol. The number of aliphatic carboxylic acids is 1. The average Bonchev–Trinajstić information content (AvgIpc) is 1.98.